The van der Waals surface area contributed by atoms with Crippen molar-refractivity contribution in [1.29, 1.82) is 0 Å². The van der Waals surface area contributed by atoms with E-state index in [1.807, 2.05) is 0 Å². The zero-order chi connectivity index (χ0) is 17.0. The first-order chi connectivity index (χ1) is 10.9. The third-order valence-electron chi connectivity index (χ3n) is 4.08. The number of nitrogens with zero attached hydrogens (tertiary/aromatic N) is 1. The molecule has 0 bridgehead atoms. The molecular formula is C15H19N3O5. The molecule has 23 heavy (non-hydrogen) atoms. The van der Waals surface area contributed by atoms with Gasteiger partial charge < -0.3 is 15.7 Å². The molecule has 1 aliphatic rings. The molecule has 1 fully saturated rings. The van der Waals surface area contributed by atoms with Gasteiger partial charge in [-0.15, -0.1) is 0 Å². The molecule has 8 heteroatoms. The molecule has 0 saturated heterocycles. The number of benzene rings is 1. The number of hydrogen-bond donors (Lipinski definition) is 3. The molecule has 1 aliphatic carbocycles. The number of nitro groups is 1. The number of anilines is 1. The van der Waals surface area contributed by atoms with E-state index < -0.39 is 16.9 Å². The van der Waals surface area contributed by atoms with Crippen LogP contribution in [0.4, 0.5) is 16.2 Å². The van der Waals surface area contributed by atoms with Gasteiger partial charge in [0.25, 0.3) is 5.69 Å². The van der Waals surface area contributed by atoms with E-state index in [2.05, 4.69) is 10.6 Å². The molecule has 1 aromatic carbocycles. The summed E-state index contributed by atoms with van der Waals surface area (Å²) in [5.41, 5.74) is 0.816. The number of carboxylic acid groups (broad SMARTS) is 1. The number of carbonyl (C=O) groups is 2. The Bertz CT molecular complexity index is 624. The highest BCUT2D eigenvalue weighted by Gasteiger charge is 2.26. The van der Waals surface area contributed by atoms with E-state index in [1.165, 1.54) is 6.07 Å². The molecule has 0 aromatic heterocycles. The van der Waals surface area contributed by atoms with Crippen LogP contribution in [0.25, 0.3) is 0 Å². The average molecular weight is 321 g/mol. The molecule has 124 valence electrons. The third kappa shape index (κ3) is 4.41. The zero-order valence-corrected chi connectivity index (χ0v) is 12.7. The summed E-state index contributed by atoms with van der Waals surface area (Å²) in [6, 6.07) is 3.97. The Labute approximate surface area is 133 Å². The number of aliphatic carboxylic acids is 1. The molecule has 0 atom stereocenters. The van der Waals surface area contributed by atoms with Crippen LogP contribution in [0.5, 0.6) is 0 Å². The molecule has 1 aromatic rings. The minimum absolute atomic E-state index is 0.0511. The van der Waals surface area contributed by atoms with E-state index in [4.69, 9.17) is 5.11 Å². The topological polar surface area (TPSA) is 122 Å². The maximum Gasteiger partial charge on any atom is 0.319 e. The van der Waals surface area contributed by atoms with Crippen molar-refractivity contribution in [3.05, 3.63) is 33.9 Å². The van der Waals surface area contributed by atoms with Crippen LogP contribution in [0.3, 0.4) is 0 Å². The van der Waals surface area contributed by atoms with Gasteiger partial charge in [0.1, 0.15) is 0 Å². The van der Waals surface area contributed by atoms with Gasteiger partial charge in [-0.3, -0.25) is 14.9 Å². The number of amides is 2. The van der Waals surface area contributed by atoms with Gasteiger partial charge in [0.15, 0.2) is 0 Å². The Balaban J connectivity index is 1.89. The summed E-state index contributed by atoms with van der Waals surface area (Å²) < 4.78 is 0. The van der Waals surface area contributed by atoms with Crippen molar-refractivity contribution in [2.45, 2.75) is 38.6 Å². The third-order valence-corrected chi connectivity index (χ3v) is 4.08. The van der Waals surface area contributed by atoms with E-state index >= 15 is 0 Å². The van der Waals surface area contributed by atoms with Crippen molar-refractivity contribution in [3.8, 4) is 0 Å². The lowest BCUT2D eigenvalue weighted by Crippen LogP contribution is -2.40. The zero-order valence-electron chi connectivity index (χ0n) is 12.7. The van der Waals surface area contributed by atoms with Crippen LogP contribution < -0.4 is 10.6 Å². The highest BCUT2D eigenvalue weighted by atomic mass is 16.6. The highest BCUT2D eigenvalue weighted by Crippen LogP contribution is 2.25. The summed E-state index contributed by atoms with van der Waals surface area (Å²) in [4.78, 5) is 33.2. The summed E-state index contributed by atoms with van der Waals surface area (Å²) in [5, 5.41) is 25.2. The van der Waals surface area contributed by atoms with Crippen molar-refractivity contribution in [2.24, 2.45) is 5.92 Å². The van der Waals surface area contributed by atoms with E-state index in [9.17, 15) is 19.7 Å². The summed E-state index contributed by atoms with van der Waals surface area (Å²) in [5.74, 6) is -1.13. The molecule has 3 N–H and O–H groups in total. The Morgan fingerprint density at radius 2 is 1.91 bits per heavy atom. The number of urea groups is 1. The van der Waals surface area contributed by atoms with E-state index in [0.717, 1.165) is 0 Å². The number of rotatable bonds is 4. The molecule has 0 unspecified atom stereocenters. The van der Waals surface area contributed by atoms with Gasteiger partial charge in [0.2, 0.25) is 0 Å². The monoisotopic (exact) mass is 321 g/mol. The lowest BCUT2D eigenvalue weighted by atomic mass is 9.86. The van der Waals surface area contributed by atoms with Gasteiger partial charge in [-0.25, -0.2) is 4.79 Å². The second kappa shape index (κ2) is 7.08. The van der Waals surface area contributed by atoms with Crippen LogP contribution in [0, 0.1) is 23.0 Å². The highest BCUT2D eigenvalue weighted by molar-refractivity contribution is 5.90. The van der Waals surface area contributed by atoms with Crippen LogP contribution >= 0.6 is 0 Å². The Kier molecular flexibility index (Phi) is 5.15. The summed E-state index contributed by atoms with van der Waals surface area (Å²) in [7, 11) is 0. The maximum absolute atomic E-state index is 12.0. The standard InChI is InChI=1S/C15H19N3O5/c1-9-2-5-12(8-13(9)18(22)23)17-15(21)16-11-6-3-10(4-7-11)14(19)20/h2,5,8,10-11H,3-4,6-7H2,1H3,(H,19,20)(H2,16,17,21). The minimum atomic E-state index is -0.792. The van der Waals surface area contributed by atoms with Crippen LogP contribution in [-0.2, 0) is 4.79 Å². The molecule has 0 heterocycles. The smallest absolute Gasteiger partial charge is 0.319 e. The lowest BCUT2D eigenvalue weighted by Gasteiger charge is -2.26. The molecule has 0 radical (unpaired) electrons. The number of hydrogen-bond acceptors (Lipinski definition) is 4. The van der Waals surface area contributed by atoms with Crippen LogP contribution in [-0.4, -0.2) is 28.1 Å². The van der Waals surface area contributed by atoms with Gasteiger partial charge >= 0.3 is 12.0 Å². The van der Waals surface area contributed by atoms with Crippen molar-refractivity contribution in [2.75, 3.05) is 5.32 Å². The summed E-state index contributed by atoms with van der Waals surface area (Å²) in [6.45, 7) is 1.63. The van der Waals surface area contributed by atoms with Gasteiger partial charge in [-0.1, -0.05) is 6.07 Å². The van der Waals surface area contributed by atoms with Crippen molar-refractivity contribution >= 4 is 23.4 Å². The summed E-state index contributed by atoms with van der Waals surface area (Å²) in [6.07, 6.45) is 2.30. The first-order valence-electron chi connectivity index (χ1n) is 7.42. The summed E-state index contributed by atoms with van der Waals surface area (Å²) >= 11 is 0. The number of aryl methyl sites for hydroxylation is 1. The number of carbonyl (C=O) groups excluding carboxylic acids is 1. The largest absolute Gasteiger partial charge is 0.481 e. The molecule has 0 aliphatic heterocycles. The number of nitrogens with one attached hydrogen (secondary N) is 2. The Morgan fingerprint density at radius 1 is 1.26 bits per heavy atom. The number of nitro benzene ring substituents is 1. The van der Waals surface area contributed by atoms with Crippen molar-refractivity contribution in [3.63, 3.8) is 0 Å². The quantitative estimate of drug-likeness (QED) is 0.581. The first-order valence-corrected chi connectivity index (χ1v) is 7.42. The van der Waals surface area contributed by atoms with Crippen LogP contribution in [0.2, 0.25) is 0 Å². The molecule has 2 amide bonds. The number of carboxylic acids is 1. The normalized spacial score (nSPS) is 20.6. The Morgan fingerprint density at radius 3 is 2.48 bits per heavy atom. The van der Waals surface area contributed by atoms with E-state index in [-0.39, 0.29) is 17.6 Å². The Hall–Kier alpha value is -2.64. The maximum atomic E-state index is 12.0. The molecule has 0 spiro atoms. The van der Waals surface area contributed by atoms with Gasteiger partial charge in [0.05, 0.1) is 10.8 Å². The van der Waals surface area contributed by atoms with Crippen LogP contribution in [0.1, 0.15) is 31.2 Å². The SMILES string of the molecule is Cc1ccc(NC(=O)NC2CCC(C(=O)O)CC2)cc1[N+](=O)[O-]. The first kappa shape index (κ1) is 16.7. The van der Waals surface area contributed by atoms with Gasteiger partial charge in [-0.05, 0) is 38.7 Å². The minimum Gasteiger partial charge on any atom is -0.481 e. The fourth-order valence-corrected chi connectivity index (χ4v) is 2.72. The van der Waals surface area contributed by atoms with Crippen molar-refractivity contribution < 1.29 is 19.6 Å². The van der Waals surface area contributed by atoms with Crippen LogP contribution in [0.15, 0.2) is 18.2 Å². The van der Waals surface area contributed by atoms with E-state index in [0.29, 0.717) is 36.9 Å². The van der Waals surface area contributed by atoms with Crippen molar-refractivity contribution in [1.82, 2.24) is 5.32 Å². The predicted molar refractivity (Wildman–Crippen MR) is 83.4 cm³/mol. The fourth-order valence-electron chi connectivity index (χ4n) is 2.72. The fraction of sp³-hybridized carbons (Fsp3) is 0.467. The van der Waals surface area contributed by atoms with Gasteiger partial charge in [0, 0.05) is 23.4 Å². The lowest BCUT2D eigenvalue weighted by molar-refractivity contribution is -0.385. The van der Waals surface area contributed by atoms with E-state index in [1.54, 1.807) is 19.1 Å². The molecule has 8 nitrogen and oxygen atoms in total. The second-order valence-corrected chi connectivity index (χ2v) is 5.74. The average Bonchev–Trinajstić information content (AvgIpc) is 2.49. The molecular weight excluding hydrogens is 302 g/mol. The molecule has 2 rings (SSSR count). The van der Waals surface area contributed by atoms with Gasteiger partial charge in [-0.2, -0.15) is 0 Å². The predicted octanol–water partition coefficient (Wildman–Crippen LogP) is 2.67. The second-order valence-electron chi connectivity index (χ2n) is 5.74. The molecule has 1 saturated carbocycles.